The smallest absolute Gasteiger partial charge is 0.248 e. The highest BCUT2D eigenvalue weighted by Crippen LogP contribution is 2.34. The van der Waals surface area contributed by atoms with E-state index in [9.17, 15) is 64.8 Å². The second-order valence-corrected chi connectivity index (χ2v) is 19.6. The number of aliphatic hydroxyl groups is 5. The number of nitrogens with one attached hydrogen (secondary N) is 3. The largest absolute Gasteiger partial charge is 0.508 e. The zero-order valence-electron chi connectivity index (χ0n) is 39.1. The van der Waals surface area contributed by atoms with E-state index in [2.05, 4.69) is 36.7 Å². The number of aromatic hydroxyl groups is 3. The van der Waals surface area contributed by atoms with Crippen molar-refractivity contribution in [1.82, 2.24) is 20.9 Å². The summed E-state index contributed by atoms with van der Waals surface area (Å²) in [6, 6.07) is 3.07. The number of hydrogen-bond acceptors (Lipinski definition) is 14. The molecule has 0 radical (unpaired) electrons. The summed E-state index contributed by atoms with van der Waals surface area (Å²) in [4.78, 5) is 69.4. The van der Waals surface area contributed by atoms with Gasteiger partial charge in [-0.1, -0.05) is 84.8 Å². The van der Waals surface area contributed by atoms with Crippen LogP contribution in [0.3, 0.4) is 0 Å². The average Bonchev–Trinajstić information content (AvgIpc) is 3.67. The van der Waals surface area contributed by atoms with Crippen molar-refractivity contribution in [2.24, 2.45) is 11.8 Å². The topological polar surface area (TPSA) is 287 Å². The molecule has 0 spiro atoms. The Morgan fingerprint density at radius 2 is 1.41 bits per heavy atom. The first kappa shape index (κ1) is 55.9. The van der Waals surface area contributed by atoms with Gasteiger partial charge in [0.05, 0.1) is 18.3 Å². The number of rotatable bonds is 28. The molecule has 1 saturated heterocycles. The molecule has 1 aliphatic rings. The van der Waals surface area contributed by atoms with Crippen LogP contribution < -0.4 is 16.0 Å². The summed E-state index contributed by atoms with van der Waals surface area (Å²) in [5.74, 6) is -3.47. The number of unbranched alkanes of at least 4 members (excludes halogenated alkanes) is 5. The van der Waals surface area contributed by atoms with E-state index >= 15 is 0 Å². The minimum Gasteiger partial charge on any atom is -0.508 e. The SMILES string of the molecule is CCC(C)CC(C)CCCCCCCCC(=O)N[C@@H](C[C@@H](O)[C@H](C)Sc1ccc(O)c(O)c1)C(=O)N[C@H](C(=O)N1C[C@H](O)C[C@H]1C(=O)N[C@H](C(C)=O)[C@H](O)[C@@H](O)c1ccc(O)cc1)[C@@H](C)O. The van der Waals surface area contributed by atoms with Gasteiger partial charge in [-0.25, -0.2) is 0 Å². The Kier molecular flexibility index (Phi) is 23.2. The average molecular weight is 947 g/mol. The van der Waals surface area contributed by atoms with Gasteiger partial charge < -0.3 is 61.7 Å². The van der Waals surface area contributed by atoms with Gasteiger partial charge in [-0.3, -0.25) is 24.0 Å². The molecule has 0 saturated carbocycles. The molecule has 4 amide bonds. The Hall–Kier alpha value is -4.46. The molecule has 1 fully saturated rings. The van der Waals surface area contributed by atoms with Crippen LogP contribution in [0.25, 0.3) is 0 Å². The Balaban J connectivity index is 1.72. The molecule has 18 heteroatoms. The van der Waals surface area contributed by atoms with Crippen LogP contribution in [0.1, 0.15) is 130 Å². The zero-order valence-corrected chi connectivity index (χ0v) is 40.0. The Labute approximate surface area is 392 Å². The number of phenolic OH excluding ortho intramolecular Hbond substituents is 3. The van der Waals surface area contributed by atoms with Gasteiger partial charge in [-0.05, 0) is 74.4 Å². The van der Waals surface area contributed by atoms with Crippen molar-refractivity contribution in [2.45, 2.75) is 183 Å². The molecule has 66 heavy (non-hydrogen) atoms. The fourth-order valence-electron chi connectivity index (χ4n) is 8.11. The van der Waals surface area contributed by atoms with Crippen molar-refractivity contribution in [2.75, 3.05) is 6.54 Å². The van der Waals surface area contributed by atoms with Gasteiger partial charge in [-0.15, -0.1) is 11.8 Å². The fourth-order valence-corrected chi connectivity index (χ4v) is 9.14. The third kappa shape index (κ3) is 17.6. The van der Waals surface area contributed by atoms with Crippen LogP contribution in [0.4, 0.5) is 0 Å². The van der Waals surface area contributed by atoms with Gasteiger partial charge in [0, 0.05) is 36.0 Å². The van der Waals surface area contributed by atoms with Crippen LogP contribution in [-0.2, 0) is 24.0 Å². The lowest BCUT2D eigenvalue weighted by Gasteiger charge is -2.32. The molecule has 1 aliphatic heterocycles. The van der Waals surface area contributed by atoms with E-state index in [1.54, 1.807) is 6.92 Å². The Bertz CT molecular complexity index is 1870. The lowest BCUT2D eigenvalue weighted by atomic mass is 9.91. The minimum absolute atomic E-state index is 0.0893. The van der Waals surface area contributed by atoms with E-state index in [-0.39, 0.29) is 42.1 Å². The first-order chi connectivity index (χ1) is 31.1. The Morgan fingerprint density at radius 1 is 0.773 bits per heavy atom. The molecule has 2 unspecified atom stereocenters. The number of ketones is 1. The van der Waals surface area contributed by atoms with Crippen LogP contribution in [-0.4, -0.2) is 136 Å². The third-order valence-electron chi connectivity index (χ3n) is 12.3. The van der Waals surface area contributed by atoms with Crippen LogP contribution >= 0.6 is 11.8 Å². The monoisotopic (exact) mass is 946 g/mol. The third-order valence-corrected chi connectivity index (χ3v) is 13.6. The standard InChI is InChI=1S/C48H74N4O13S/c1-7-27(2)22-28(3)14-12-10-8-9-11-13-15-41(60)49-36(25-39(58)31(6)66-35-20-21-38(57)40(59)24-35)46(63)51-43(30(5)54)48(65)52-26-34(56)23-37(52)47(64)50-42(29(4)53)45(62)44(61)32-16-18-33(55)19-17-32/h16-21,24,27-28,30-31,34,36-37,39,42-45,54-59,61-62H,7-15,22-23,25-26H2,1-6H3,(H,49,60)(H,50,64)(H,51,63)/t27?,28?,30-,31+,34-,36+,37+,39-,42-,43+,44+,45+/m1/s1. The summed E-state index contributed by atoms with van der Waals surface area (Å²) >= 11 is 1.14. The van der Waals surface area contributed by atoms with E-state index in [1.165, 1.54) is 68.7 Å². The summed E-state index contributed by atoms with van der Waals surface area (Å²) in [6.07, 6.45) is 1.05. The summed E-state index contributed by atoms with van der Waals surface area (Å²) in [5, 5.41) is 90.8. The predicted octanol–water partition coefficient (Wildman–Crippen LogP) is 3.71. The molecular formula is C48H74N4O13S. The van der Waals surface area contributed by atoms with Crippen molar-refractivity contribution in [1.29, 1.82) is 0 Å². The number of thioether (sulfide) groups is 1. The maximum absolute atomic E-state index is 14.1. The second kappa shape index (κ2) is 27.4. The van der Waals surface area contributed by atoms with E-state index < -0.39 is 95.9 Å². The summed E-state index contributed by atoms with van der Waals surface area (Å²) in [5.41, 5.74) is 0.135. The van der Waals surface area contributed by atoms with Crippen molar-refractivity contribution in [3.63, 3.8) is 0 Å². The number of aliphatic hydroxyl groups excluding tert-OH is 5. The number of nitrogens with zero attached hydrogens (tertiary/aromatic N) is 1. The molecule has 11 N–H and O–H groups in total. The van der Waals surface area contributed by atoms with Crippen molar-refractivity contribution in [3.8, 4) is 17.2 Å². The lowest BCUT2D eigenvalue weighted by molar-refractivity contribution is -0.145. The molecule has 2 aromatic rings. The number of carbonyl (C=O) groups excluding carboxylic acids is 5. The zero-order chi connectivity index (χ0) is 49.2. The second-order valence-electron chi connectivity index (χ2n) is 18.2. The number of hydrogen-bond donors (Lipinski definition) is 11. The molecule has 0 aliphatic carbocycles. The van der Waals surface area contributed by atoms with Crippen LogP contribution in [0.5, 0.6) is 17.2 Å². The van der Waals surface area contributed by atoms with Crippen molar-refractivity contribution in [3.05, 3.63) is 48.0 Å². The number of likely N-dealkylation sites (tertiary alicyclic amines) is 1. The van der Waals surface area contributed by atoms with Gasteiger partial charge in [0.15, 0.2) is 17.3 Å². The quantitative estimate of drug-likeness (QED) is 0.0330. The van der Waals surface area contributed by atoms with Gasteiger partial charge >= 0.3 is 0 Å². The predicted molar refractivity (Wildman–Crippen MR) is 249 cm³/mol. The normalized spacial score (nSPS) is 19.6. The number of Topliss-reactive ketones (excluding diaryl/α,β-unsaturated/α-hetero) is 1. The molecule has 0 bridgehead atoms. The highest BCUT2D eigenvalue weighted by atomic mass is 32.2. The van der Waals surface area contributed by atoms with Crippen LogP contribution in [0.15, 0.2) is 47.4 Å². The molecule has 2 aromatic carbocycles. The fraction of sp³-hybridized carbons (Fsp3) is 0.646. The molecule has 17 nitrogen and oxygen atoms in total. The lowest BCUT2D eigenvalue weighted by Crippen LogP contribution is -2.61. The van der Waals surface area contributed by atoms with E-state index in [1.807, 2.05) is 0 Å². The number of carbonyl (C=O) groups is 5. The molecule has 0 aromatic heterocycles. The first-order valence-electron chi connectivity index (χ1n) is 23.2. The number of amides is 4. The molecule has 3 rings (SSSR count). The number of benzene rings is 2. The number of β-amino-alcohol motifs (C(OH)–C–C–N with tert-alkyl or cyclic N) is 1. The highest BCUT2D eigenvalue weighted by Gasteiger charge is 2.45. The van der Waals surface area contributed by atoms with E-state index in [4.69, 9.17) is 0 Å². The highest BCUT2D eigenvalue weighted by molar-refractivity contribution is 8.00. The van der Waals surface area contributed by atoms with Gasteiger partial charge in [0.25, 0.3) is 0 Å². The molecule has 12 atom stereocenters. The summed E-state index contributed by atoms with van der Waals surface area (Å²) in [7, 11) is 0. The van der Waals surface area contributed by atoms with Gasteiger partial charge in [0.2, 0.25) is 23.6 Å². The van der Waals surface area contributed by atoms with Crippen LogP contribution in [0, 0.1) is 11.8 Å². The first-order valence-corrected chi connectivity index (χ1v) is 24.1. The minimum atomic E-state index is -1.86. The molecule has 370 valence electrons. The summed E-state index contributed by atoms with van der Waals surface area (Å²) < 4.78 is 0. The maximum Gasteiger partial charge on any atom is 0.248 e. The van der Waals surface area contributed by atoms with E-state index in [0.717, 1.165) is 61.6 Å². The molecule has 1 heterocycles. The van der Waals surface area contributed by atoms with Gasteiger partial charge in [0.1, 0.15) is 42.1 Å². The summed E-state index contributed by atoms with van der Waals surface area (Å²) in [6.45, 7) is 10.4. The maximum atomic E-state index is 14.1. The number of phenols is 3. The van der Waals surface area contributed by atoms with Crippen LogP contribution in [0.2, 0.25) is 0 Å². The van der Waals surface area contributed by atoms with Gasteiger partial charge in [-0.2, -0.15) is 0 Å². The van der Waals surface area contributed by atoms with E-state index in [0.29, 0.717) is 17.2 Å². The molecular weight excluding hydrogens is 873 g/mol. The Morgan fingerprint density at radius 3 is 2.02 bits per heavy atom. The van der Waals surface area contributed by atoms with Crippen molar-refractivity contribution >= 4 is 41.2 Å². The van der Waals surface area contributed by atoms with Crippen molar-refractivity contribution < 1.29 is 64.8 Å².